The summed E-state index contributed by atoms with van der Waals surface area (Å²) in [4.78, 5) is 0. The van der Waals surface area contributed by atoms with E-state index < -0.39 is 0 Å². The minimum absolute atomic E-state index is 0.207. The number of rotatable bonds is 3. The Morgan fingerprint density at radius 1 is 1.26 bits per heavy atom. The van der Waals surface area contributed by atoms with Gasteiger partial charge in [-0.05, 0) is 41.8 Å². The maximum absolute atomic E-state index is 6.33. The van der Waals surface area contributed by atoms with Crippen LogP contribution in [0.15, 0.2) is 40.9 Å². The molecule has 2 aromatic carbocycles. The zero-order valence-electron chi connectivity index (χ0n) is 10.8. The summed E-state index contributed by atoms with van der Waals surface area (Å²) in [5, 5.41) is 0.572. The second kappa shape index (κ2) is 5.95. The Morgan fingerprint density at radius 2 is 2.00 bits per heavy atom. The van der Waals surface area contributed by atoms with Crippen LogP contribution in [0.2, 0.25) is 5.02 Å². The van der Waals surface area contributed by atoms with Crippen LogP contribution in [0.3, 0.4) is 0 Å². The smallest absolute Gasteiger partial charge is 0.137 e. The van der Waals surface area contributed by atoms with Crippen LogP contribution in [0, 0.1) is 6.92 Å². The number of methoxy groups -OCH3 is 1. The highest BCUT2D eigenvalue weighted by atomic mass is 79.9. The van der Waals surface area contributed by atoms with Crippen LogP contribution in [-0.2, 0) is 0 Å². The SMILES string of the molecule is COc1ccc(C(N)c2cccc(Br)c2C)cc1Cl. The average molecular weight is 341 g/mol. The molecule has 4 heteroatoms. The maximum atomic E-state index is 6.33. The van der Waals surface area contributed by atoms with Gasteiger partial charge in [-0.15, -0.1) is 0 Å². The van der Waals surface area contributed by atoms with Gasteiger partial charge in [0, 0.05) is 4.47 Å². The van der Waals surface area contributed by atoms with E-state index in [4.69, 9.17) is 22.1 Å². The van der Waals surface area contributed by atoms with E-state index in [1.807, 2.05) is 43.3 Å². The number of hydrogen-bond donors (Lipinski definition) is 1. The highest BCUT2D eigenvalue weighted by Crippen LogP contribution is 2.31. The van der Waals surface area contributed by atoms with E-state index in [2.05, 4.69) is 15.9 Å². The standard InChI is InChI=1S/C15H15BrClNO/c1-9-11(4-3-5-12(9)16)15(18)10-6-7-14(19-2)13(17)8-10/h3-8,15H,18H2,1-2H3. The Bertz CT molecular complexity index is 601. The molecule has 2 N–H and O–H groups in total. The first kappa shape index (κ1) is 14.4. The Labute approximate surface area is 126 Å². The van der Waals surface area contributed by atoms with E-state index in [1.54, 1.807) is 7.11 Å². The highest BCUT2D eigenvalue weighted by molar-refractivity contribution is 9.10. The molecule has 0 fully saturated rings. The molecular weight excluding hydrogens is 326 g/mol. The first-order valence-electron chi connectivity index (χ1n) is 5.88. The number of halogens is 2. The normalized spacial score (nSPS) is 12.3. The highest BCUT2D eigenvalue weighted by Gasteiger charge is 2.14. The van der Waals surface area contributed by atoms with Crippen molar-refractivity contribution in [2.75, 3.05) is 7.11 Å². The summed E-state index contributed by atoms with van der Waals surface area (Å²) in [5.41, 5.74) is 9.51. The monoisotopic (exact) mass is 339 g/mol. The van der Waals surface area contributed by atoms with Crippen molar-refractivity contribution in [3.63, 3.8) is 0 Å². The van der Waals surface area contributed by atoms with Crippen molar-refractivity contribution in [1.29, 1.82) is 0 Å². The quantitative estimate of drug-likeness (QED) is 0.895. The average Bonchev–Trinajstić information content (AvgIpc) is 2.41. The van der Waals surface area contributed by atoms with Crippen LogP contribution in [0.25, 0.3) is 0 Å². The summed E-state index contributed by atoms with van der Waals surface area (Å²) in [6, 6.07) is 11.4. The van der Waals surface area contributed by atoms with E-state index in [0.29, 0.717) is 10.8 Å². The Morgan fingerprint density at radius 3 is 2.63 bits per heavy atom. The minimum atomic E-state index is -0.207. The van der Waals surface area contributed by atoms with Gasteiger partial charge in [-0.3, -0.25) is 0 Å². The van der Waals surface area contributed by atoms with E-state index in [1.165, 1.54) is 0 Å². The molecule has 0 radical (unpaired) electrons. The molecule has 19 heavy (non-hydrogen) atoms. The molecule has 100 valence electrons. The van der Waals surface area contributed by atoms with Gasteiger partial charge in [0.2, 0.25) is 0 Å². The van der Waals surface area contributed by atoms with Crippen molar-refractivity contribution < 1.29 is 4.74 Å². The van der Waals surface area contributed by atoms with Crippen molar-refractivity contribution in [2.24, 2.45) is 5.73 Å². The van der Waals surface area contributed by atoms with Crippen LogP contribution in [0.5, 0.6) is 5.75 Å². The molecular formula is C15H15BrClNO. The van der Waals surface area contributed by atoms with Crippen LogP contribution in [0.4, 0.5) is 0 Å². The Kier molecular flexibility index (Phi) is 4.50. The number of nitrogens with two attached hydrogens (primary N) is 1. The summed E-state index contributed by atoms with van der Waals surface area (Å²) in [5.74, 6) is 0.656. The lowest BCUT2D eigenvalue weighted by Crippen LogP contribution is -2.13. The van der Waals surface area contributed by atoms with Crippen molar-refractivity contribution in [3.05, 3.63) is 62.6 Å². The van der Waals surface area contributed by atoms with Gasteiger partial charge in [0.1, 0.15) is 5.75 Å². The van der Waals surface area contributed by atoms with Gasteiger partial charge in [0.25, 0.3) is 0 Å². The van der Waals surface area contributed by atoms with Gasteiger partial charge in [0.05, 0.1) is 18.2 Å². The number of ether oxygens (including phenoxy) is 1. The Hall–Kier alpha value is -1.03. The summed E-state index contributed by atoms with van der Waals surface area (Å²) in [6.07, 6.45) is 0. The van der Waals surface area contributed by atoms with Crippen molar-refractivity contribution in [2.45, 2.75) is 13.0 Å². The van der Waals surface area contributed by atoms with Crippen LogP contribution >= 0.6 is 27.5 Å². The van der Waals surface area contributed by atoms with Crippen molar-refractivity contribution >= 4 is 27.5 Å². The molecule has 0 spiro atoms. The van der Waals surface area contributed by atoms with Crippen LogP contribution in [-0.4, -0.2) is 7.11 Å². The van der Waals surface area contributed by atoms with Crippen LogP contribution in [0.1, 0.15) is 22.7 Å². The predicted octanol–water partition coefficient (Wildman–Crippen LogP) is 4.47. The maximum Gasteiger partial charge on any atom is 0.137 e. The lowest BCUT2D eigenvalue weighted by atomic mass is 9.96. The summed E-state index contributed by atoms with van der Waals surface area (Å²) in [6.45, 7) is 2.05. The largest absolute Gasteiger partial charge is 0.495 e. The topological polar surface area (TPSA) is 35.2 Å². The van der Waals surface area contributed by atoms with Crippen LogP contribution < -0.4 is 10.5 Å². The van der Waals surface area contributed by atoms with Gasteiger partial charge in [-0.1, -0.05) is 45.7 Å². The molecule has 0 aliphatic carbocycles. The van der Waals surface area contributed by atoms with Gasteiger partial charge in [0.15, 0.2) is 0 Å². The first-order chi connectivity index (χ1) is 9.04. The van der Waals surface area contributed by atoms with Gasteiger partial charge < -0.3 is 10.5 Å². The molecule has 0 heterocycles. The predicted molar refractivity (Wildman–Crippen MR) is 82.9 cm³/mol. The lowest BCUT2D eigenvalue weighted by Gasteiger charge is -2.17. The zero-order chi connectivity index (χ0) is 14.0. The second-order valence-corrected chi connectivity index (χ2v) is 5.59. The minimum Gasteiger partial charge on any atom is -0.495 e. The summed E-state index contributed by atoms with van der Waals surface area (Å²) in [7, 11) is 1.60. The van der Waals surface area contributed by atoms with Crippen molar-refractivity contribution in [1.82, 2.24) is 0 Å². The van der Waals surface area contributed by atoms with Gasteiger partial charge >= 0.3 is 0 Å². The van der Waals surface area contributed by atoms with E-state index in [9.17, 15) is 0 Å². The zero-order valence-corrected chi connectivity index (χ0v) is 13.1. The molecule has 1 unspecified atom stereocenters. The molecule has 2 rings (SSSR count). The van der Waals surface area contributed by atoms with E-state index >= 15 is 0 Å². The molecule has 2 aromatic rings. The fraction of sp³-hybridized carbons (Fsp3) is 0.200. The molecule has 0 amide bonds. The molecule has 0 saturated carbocycles. The molecule has 0 aliphatic rings. The molecule has 1 atom stereocenters. The molecule has 0 bridgehead atoms. The molecule has 0 aliphatic heterocycles. The number of hydrogen-bond acceptors (Lipinski definition) is 2. The third-order valence-corrected chi connectivity index (χ3v) is 4.33. The lowest BCUT2D eigenvalue weighted by molar-refractivity contribution is 0.415. The fourth-order valence-corrected chi connectivity index (χ4v) is 2.66. The van der Waals surface area contributed by atoms with E-state index in [0.717, 1.165) is 21.2 Å². The second-order valence-electron chi connectivity index (χ2n) is 4.33. The fourth-order valence-electron chi connectivity index (χ4n) is 2.02. The molecule has 2 nitrogen and oxygen atoms in total. The molecule has 0 aromatic heterocycles. The van der Waals surface area contributed by atoms with Gasteiger partial charge in [-0.2, -0.15) is 0 Å². The molecule has 0 saturated heterocycles. The third-order valence-electron chi connectivity index (χ3n) is 3.18. The van der Waals surface area contributed by atoms with Gasteiger partial charge in [-0.25, -0.2) is 0 Å². The van der Waals surface area contributed by atoms with Crippen molar-refractivity contribution in [3.8, 4) is 5.75 Å². The third kappa shape index (κ3) is 2.94. The van der Waals surface area contributed by atoms with E-state index in [-0.39, 0.29) is 6.04 Å². The number of benzene rings is 2. The summed E-state index contributed by atoms with van der Waals surface area (Å²) >= 11 is 9.66. The Balaban J connectivity index is 2.41. The summed E-state index contributed by atoms with van der Waals surface area (Å²) < 4.78 is 6.20. The first-order valence-corrected chi connectivity index (χ1v) is 7.05.